The Balaban J connectivity index is 1.82. The highest BCUT2D eigenvalue weighted by molar-refractivity contribution is 6.00. The maximum absolute atomic E-state index is 12.6. The van der Waals surface area contributed by atoms with Crippen molar-refractivity contribution in [3.05, 3.63) is 48.2 Å². The molecule has 0 aliphatic carbocycles. The van der Waals surface area contributed by atoms with Gasteiger partial charge in [0.1, 0.15) is 0 Å². The Hall–Kier alpha value is -2.56. The van der Waals surface area contributed by atoms with Crippen LogP contribution in [-0.2, 0) is 4.79 Å². The summed E-state index contributed by atoms with van der Waals surface area (Å²) in [6.07, 6.45) is 1.72. The second-order valence-electron chi connectivity index (χ2n) is 5.28. The molecule has 1 unspecified atom stereocenters. The molecule has 2 N–H and O–H groups in total. The first kappa shape index (κ1) is 13.4. The van der Waals surface area contributed by atoms with Crippen LogP contribution in [0.4, 0.5) is 17.2 Å². The van der Waals surface area contributed by atoms with Gasteiger partial charge in [0.2, 0.25) is 5.91 Å². The Morgan fingerprint density at radius 3 is 2.90 bits per heavy atom. The molecule has 1 aliphatic heterocycles. The Kier molecular flexibility index (Phi) is 3.48. The molecule has 5 heteroatoms. The minimum Gasteiger partial charge on any atom is -0.384 e. The maximum Gasteiger partial charge on any atom is 0.233 e. The molecule has 0 bridgehead atoms. The van der Waals surface area contributed by atoms with Gasteiger partial charge in [0.15, 0.2) is 5.82 Å². The molecular formula is C16H18N4O. The number of carbonyl (C=O) groups is 1. The first-order valence-electron chi connectivity index (χ1n) is 6.93. The van der Waals surface area contributed by atoms with Gasteiger partial charge in [0.05, 0.1) is 11.6 Å². The summed E-state index contributed by atoms with van der Waals surface area (Å²) in [5.74, 6) is 0.574. The maximum atomic E-state index is 12.6. The summed E-state index contributed by atoms with van der Waals surface area (Å²) in [5.41, 5.74) is 2.82. The summed E-state index contributed by atoms with van der Waals surface area (Å²) in [7, 11) is 3.81. The quantitative estimate of drug-likeness (QED) is 0.907. The van der Waals surface area contributed by atoms with Crippen molar-refractivity contribution >= 4 is 23.1 Å². The number of rotatable bonds is 3. The third-order valence-corrected chi connectivity index (χ3v) is 3.62. The van der Waals surface area contributed by atoms with E-state index in [1.54, 1.807) is 6.20 Å². The molecule has 0 fully saturated rings. The Morgan fingerprint density at radius 2 is 2.10 bits per heavy atom. The SMILES string of the molecule is CN(C)c1ncccc1NC(=O)C1CNc2ccccc21. The van der Waals surface area contributed by atoms with Crippen LogP contribution in [0.1, 0.15) is 11.5 Å². The van der Waals surface area contributed by atoms with E-state index in [1.807, 2.05) is 55.4 Å². The summed E-state index contributed by atoms with van der Waals surface area (Å²) in [4.78, 5) is 18.7. The molecular weight excluding hydrogens is 264 g/mol. The number of nitrogens with one attached hydrogen (secondary N) is 2. The molecule has 0 saturated carbocycles. The highest BCUT2D eigenvalue weighted by Crippen LogP contribution is 2.32. The number of aromatic nitrogens is 1. The first-order valence-corrected chi connectivity index (χ1v) is 6.93. The van der Waals surface area contributed by atoms with Crippen LogP contribution in [0.15, 0.2) is 42.6 Å². The van der Waals surface area contributed by atoms with Gasteiger partial charge in [-0.25, -0.2) is 4.98 Å². The standard InChI is InChI=1S/C16H18N4O/c1-20(2)15-14(8-5-9-17-15)19-16(21)12-10-18-13-7-4-3-6-11(12)13/h3-9,12,18H,10H2,1-2H3,(H,19,21). The summed E-state index contributed by atoms with van der Waals surface area (Å²) in [6.45, 7) is 0.628. The van der Waals surface area contributed by atoms with Gasteiger partial charge < -0.3 is 15.5 Å². The number of nitrogens with zero attached hydrogens (tertiary/aromatic N) is 2. The van der Waals surface area contributed by atoms with Crippen LogP contribution in [-0.4, -0.2) is 31.5 Å². The van der Waals surface area contributed by atoms with Crippen molar-refractivity contribution in [2.45, 2.75) is 5.92 Å². The molecule has 0 saturated heterocycles. The largest absolute Gasteiger partial charge is 0.384 e. The van der Waals surface area contributed by atoms with E-state index in [4.69, 9.17) is 0 Å². The molecule has 2 aromatic rings. The number of para-hydroxylation sites is 1. The van der Waals surface area contributed by atoms with E-state index in [9.17, 15) is 4.79 Å². The summed E-state index contributed by atoms with van der Waals surface area (Å²) in [5, 5.41) is 6.26. The lowest BCUT2D eigenvalue weighted by Crippen LogP contribution is -2.24. The second kappa shape index (κ2) is 5.44. The molecule has 1 amide bonds. The lowest BCUT2D eigenvalue weighted by molar-refractivity contribution is -0.117. The summed E-state index contributed by atoms with van der Waals surface area (Å²) < 4.78 is 0. The van der Waals surface area contributed by atoms with Crippen LogP contribution >= 0.6 is 0 Å². The number of carbonyl (C=O) groups excluding carboxylic acids is 1. The van der Waals surface area contributed by atoms with Gasteiger partial charge in [-0.2, -0.15) is 0 Å². The monoisotopic (exact) mass is 282 g/mol. The van der Waals surface area contributed by atoms with Crippen molar-refractivity contribution in [3.63, 3.8) is 0 Å². The van der Waals surface area contributed by atoms with Gasteiger partial charge in [0.25, 0.3) is 0 Å². The first-order chi connectivity index (χ1) is 10.2. The zero-order valence-electron chi connectivity index (χ0n) is 12.1. The third kappa shape index (κ3) is 2.54. The van der Waals surface area contributed by atoms with Crippen molar-refractivity contribution < 1.29 is 4.79 Å². The van der Waals surface area contributed by atoms with E-state index in [0.717, 1.165) is 22.8 Å². The van der Waals surface area contributed by atoms with Gasteiger partial charge in [-0.15, -0.1) is 0 Å². The molecule has 1 aromatic heterocycles. The smallest absolute Gasteiger partial charge is 0.233 e. The Morgan fingerprint density at radius 1 is 1.29 bits per heavy atom. The van der Waals surface area contributed by atoms with Crippen LogP contribution in [0.25, 0.3) is 0 Å². The van der Waals surface area contributed by atoms with Gasteiger partial charge in [0, 0.05) is 32.5 Å². The van der Waals surface area contributed by atoms with Gasteiger partial charge >= 0.3 is 0 Å². The molecule has 1 atom stereocenters. The highest BCUT2D eigenvalue weighted by Gasteiger charge is 2.28. The van der Waals surface area contributed by atoms with Crippen molar-refractivity contribution in [2.75, 3.05) is 36.2 Å². The fourth-order valence-electron chi connectivity index (χ4n) is 2.59. The Labute approximate surface area is 124 Å². The van der Waals surface area contributed by atoms with Crippen molar-refractivity contribution in [3.8, 4) is 0 Å². The average molecular weight is 282 g/mol. The molecule has 0 spiro atoms. The predicted molar refractivity (Wildman–Crippen MR) is 84.9 cm³/mol. The topological polar surface area (TPSA) is 57.3 Å². The highest BCUT2D eigenvalue weighted by atomic mass is 16.1. The lowest BCUT2D eigenvalue weighted by atomic mass is 10.0. The fraction of sp³-hybridized carbons (Fsp3) is 0.250. The van der Waals surface area contributed by atoms with Gasteiger partial charge in [-0.3, -0.25) is 4.79 Å². The number of pyridine rings is 1. The van der Waals surface area contributed by atoms with Crippen LogP contribution in [0.3, 0.4) is 0 Å². The number of hydrogen-bond acceptors (Lipinski definition) is 4. The van der Waals surface area contributed by atoms with Gasteiger partial charge in [-0.05, 0) is 23.8 Å². The van der Waals surface area contributed by atoms with Crippen molar-refractivity contribution in [1.29, 1.82) is 0 Å². The zero-order valence-corrected chi connectivity index (χ0v) is 12.1. The summed E-state index contributed by atoms with van der Waals surface area (Å²) >= 11 is 0. The number of benzene rings is 1. The minimum atomic E-state index is -0.170. The molecule has 2 heterocycles. The number of amides is 1. The molecule has 1 aromatic carbocycles. The van der Waals surface area contributed by atoms with E-state index in [-0.39, 0.29) is 11.8 Å². The molecule has 5 nitrogen and oxygen atoms in total. The van der Waals surface area contributed by atoms with E-state index < -0.39 is 0 Å². The lowest BCUT2D eigenvalue weighted by Gasteiger charge is -2.17. The molecule has 1 aliphatic rings. The second-order valence-corrected chi connectivity index (χ2v) is 5.28. The molecule has 21 heavy (non-hydrogen) atoms. The van der Waals surface area contributed by atoms with Crippen LogP contribution < -0.4 is 15.5 Å². The average Bonchev–Trinajstić information content (AvgIpc) is 2.91. The van der Waals surface area contributed by atoms with Crippen LogP contribution in [0.2, 0.25) is 0 Å². The van der Waals surface area contributed by atoms with Gasteiger partial charge in [-0.1, -0.05) is 18.2 Å². The molecule has 108 valence electrons. The predicted octanol–water partition coefficient (Wildman–Crippen LogP) is 2.30. The van der Waals surface area contributed by atoms with E-state index >= 15 is 0 Å². The van der Waals surface area contributed by atoms with E-state index in [2.05, 4.69) is 15.6 Å². The zero-order chi connectivity index (χ0) is 14.8. The van der Waals surface area contributed by atoms with Crippen molar-refractivity contribution in [1.82, 2.24) is 4.98 Å². The molecule has 3 rings (SSSR count). The fourth-order valence-corrected chi connectivity index (χ4v) is 2.59. The van der Waals surface area contributed by atoms with Crippen LogP contribution in [0.5, 0.6) is 0 Å². The van der Waals surface area contributed by atoms with E-state index in [0.29, 0.717) is 6.54 Å². The molecule has 0 radical (unpaired) electrons. The number of fused-ring (bicyclic) bond motifs is 1. The Bertz CT molecular complexity index is 669. The van der Waals surface area contributed by atoms with E-state index in [1.165, 1.54) is 0 Å². The van der Waals surface area contributed by atoms with Crippen LogP contribution in [0, 0.1) is 0 Å². The minimum absolute atomic E-state index is 0.0106. The summed E-state index contributed by atoms with van der Waals surface area (Å²) in [6, 6.07) is 11.6. The number of hydrogen-bond donors (Lipinski definition) is 2. The third-order valence-electron chi connectivity index (χ3n) is 3.62. The van der Waals surface area contributed by atoms with Crippen molar-refractivity contribution in [2.24, 2.45) is 0 Å². The normalized spacial score (nSPS) is 16.0. The number of anilines is 3.